The molecule has 2 aliphatic heterocycles. The monoisotopic (exact) mass is 371 g/mol. The lowest BCUT2D eigenvalue weighted by Crippen LogP contribution is -2.48. The van der Waals surface area contributed by atoms with Crippen LogP contribution in [0.1, 0.15) is 29.7 Å². The average molecular weight is 371 g/mol. The molecule has 3 heterocycles. The Labute approximate surface area is 165 Å². The number of benzene rings is 2. The summed E-state index contributed by atoms with van der Waals surface area (Å²) in [4.78, 5) is 20.2. The summed E-state index contributed by atoms with van der Waals surface area (Å²) in [5, 5.41) is 4.35. The summed E-state index contributed by atoms with van der Waals surface area (Å²) in [7, 11) is 0. The van der Waals surface area contributed by atoms with Crippen LogP contribution in [0, 0.1) is 5.41 Å². The quantitative estimate of drug-likeness (QED) is 0.747. The molecule has 0 bridgehead atoms. The normalized spacial score (nSPS) is 19.2. The number of nitrogens with zero attached hydrogens (tertiary/aromatic N) is 2. The molecule has 1 saturated heterocycles. The van der Waals surface area contributed by atoms with E-state index in [4.69, 9.17) is 4.98 Å². The summed E-state index contributed by atoms with van der Waals surface area (Å²) < 4.78 is 0. The minimum absolute atomic E-state index is 0.229. The molecule has 0 saturated carbocycles. The lowest BCUT2D eigenvalue weighted by molar-refractivity contribution is -0.133. The molecule has 0 unspecified atom stereocenters. The molecule has 0 atom stereocenters. The summed E-state index contributed by atoms with van der Waals surface area (Å²) in [5.74, 6) is 0.229. The van der Waals surface area contributed by atoms with E-state index in [9.17, 15) is 4.79 Å². The Morgan fingerprint density at radius 2 is 1.68 bits per heavy atom. The van der Waals surface area contributed by atoms with Crippen LogP contribution in [0.3, 0.4) is 0 Å². The van der Waals surface area contributed by atoms with E-state index in [1.54, 1.807) is 0 Å². The van der Waals surface area contributed by atoms with Crippen molar-refractivity contribution in [2.45, 2.75) is 32.4 Å². The van der Waals surface area contributed by atoms with Gasteiger partial charge in [-0.3, -0.25) is 14.7 Å². The van der Waals surface area contributed by atoms with Gasteiger partial charge >= 0.3 is 0 Å². The second kappa shape index (κ2) is 7.02. The fourth-order valence-corrected chi connectivity index (χ4v) is 4.68. The van der Waals surface area contributed by atoms with Crippen LogP contribution in [0.2, 0.25) is 0 Å². The van der Waals surface area contributed by atoms with Crippen molar-refractivity contribution in [1.82, 2.24) is 15.2 Å². The third-order valence-corrected chi connectivity index (χ3v) is 6.42. The fraction of sp³-hybridized carbons (Fsp3) is 0.333. The number of piperidine rings is 1. The number of nitrogens with one attached hydrogen (secondary N) is 1. The predicted molar refractivity (Wildman–Crippen MR) is 111 cm³/mol. The van der Waals surface area contributed by atoms with Crippen molar-refractivity contribution in [2.24, 2.45) is 5.41 Å². The number of hydrogen-bond donors (Lipinski definition) is 1. The highest BCUT2D eigenvalue weighted by Crippen LogP contribution is 2.38. The van der Waals surface area contributed by atoms with Gasteiger partial charge in [0.2, 0.25) is 5.91 Å². The third-order valence-electron chi connectivity index (χ3n) is 6.42. The average Bonchev–Trinajstić information content (AvgIpc) is 2.87. The molecule has 1 aromatic heterocycles. The molecule has 1 fully saturated rings. The van der Waals surface area contributed by atoms with Gasteiger partial charge in [-0.1, -0.05) is 48.5 Å². The minimum Gasteiger partial charge on any atom is -0.352 e. The maximum Gasteiger partial charge on any atom is 0.226 e. The van der Waals surface area contributed by atoms with E-state index in [1.165, 1.54) is 16.5 Å². The van der Waals surface area contributed by atoms with E-state index >= 15 is 0 Å². The minimum atomic E-state index is -0.264. The van der Waals surface area contributed by atoms with Crippen LogP contribution in [0.25, 0.3) is 10.9 Å². The Morgan fingerprint density at radius 3 is 2.54 bits per heavy atom. The molecular formula is C24H25N3O. The Morgan fingerprint density at radius 1 is 0.929 bits per heavy atom. The molecular weight excluding hydrogens is 346 g/mol. The molecule has 1 N–H and O–H groups in total. The number of aromatic nitrogens is 1. The Hall–Kier alpha value is -2.72. The molecule has 28 heavy (non-hydrogen) atoms. The maximum atomic E-state index is 12.9. The molecule has 0 radical (unpaired) electrons. The zero-order chi connectivity index (χ0) is 19.0. The Kier molecular flexibility index (Phi) is 4.36. The first-order valence-corrected chi connectivity index (χ1v) is 10.1. The second-order valence-corrected chi connectivity index (χ2v) is 8.18. The lowest BCUT2D eigenvalue weighted by Gasteiger charge is -2.40. The van der Waals surface area contributed by atoms with Crippen LogP contribution in [-0.2, 0) is 24.3 Å². The zero-order valence-electron chi connectivity index (χ0n) is 16.0. The Balaban J connectivity index is 1.30. The van der Waals surface area contributed by atoms with Crippen LogP contribution in [0.4, 0.5) is 0 Å². The first-order chi connectivity index (χ1) is 13.7. The number of carbonyl (C=O) groups is 1. The number of amides is 1. The number of fused-ring (bicyclic) bond motifs is 2. The standard InChI is InChI=1S/C24H25N3O/c28-23-24(15-19-6-1-2-7-20(19)16-25-23)11-13-27(14-12-24)17-21-10-9-18-5-3-4-8-22(18)26-21/h1-10H,11-17H2,(H,25,28). The van der Waals surface area contributed by atoms with Crippen molar-refractivity contribution in [3.63, 3.8) is 0 Å². The molecule has 2 aliphatic rings. The van der Waals surface area contributed by atoms with Gasteiger partial charge in [-0.2, -0.15) is 0 Å². The highest BCUT2D eigenvalue weighted by molar-refractivity contribution is 5.84. The van der Waals surface area contributed by atoms with E-state index in [1.807, 2.05) is 12.1 Å². The van der Waals surface area contributed by atoms with Gasteiger partial charge in [0.15, 0.2) is 0 Å². The van der Waals surface area contributed by atoms with Crippen molar-refractivity contribution in [2.75, 3.05) is 13.1 Å². The molecule has 142 valence electrons. The number of rotatable bonds is 2. The number of para-hydroxylation sites is 1. The van der Waals surface area contributed by atoms with Crippen molar-refractivity contribution in [1.29, 1.82) is 0 Å². The first kappa shape index (κ1) is 17.4. The summed E-state index contributed by atoms with van der Waals surface area (Å²) in [6, 6.07) is 21.0. The van der Waals surface area contributed by atoms with E-state index in [2.05, 4.69) is 58.7 Å². The largest absolute Gasteiger partial charge is 0.352 e. The zero-order valence-corrected chi connectivity index (χ0v) is 16.0. The van der Waals surface area contributed by atoms with E-state index in [0.29, 0.717) is 6.54 Å². The maximum absolute atomic E-state index is 12.9. The SMILES string of the molecule is O=C1NCc2ccccc2CC12CCN(Cc1ccc3ccccc3n1)CC2. The topological polar surface area (TPSA) is 45.2 Å². The van der Waals surface area contributed by atoms with Gasteiger partial charge in [-0.25, -0.2) is 0 Å². The predicted octanol–water partition coefficient (Wildman–Crippen LogP) is 3.69. The second-order valence-electron chi connectivity index (χ2n) is 8.18. The van der Waals surface area contributed by atoms with Crippen LogP contribution in [0.5, 0.6) is 0 Å². The van der Waals surface area contributed by atoms with Crippen LogP contribution < -0.4 is 5.32 Å². The van der Waals surface area contributed by atoms with Crippen molar-refractivity contribution >= 4 is 16.8 Å². The lowest BCUT2D eigenvalue weighted by atomic mass is 9.73. The molecule has 4 heteroatoms. The van der Waals surface area contributed by atoms with Crippen molar-refractivity contribution in [3.05, 3.63) is 77.5 Å². The number of likely N-dealkylation sites (tertiary alicyclic amines) is 1. The number of carbonyl (C=O) groups excluding carboxylic acids is 1. The highest BCUT2D eigenvalue weighted by Gasteiger charge is 2.42. The third kappa shape index (κ3) is 3.18. The number of hydrogen-bond acceptors (Lipinski definition) is 3. The van der Waals surface area contributed by atoms with Crippen molar-refractivity contribution in [3.8, 4) is 0 Å². The van der Waals surface area contributed by atoms with Gasteiger partial charge in [0, 0.05) is 18.5 Å². The highest BCUT2D eigenvalue weighted by atomic mass is 16.2. The van der Waals surface area contributed by atoms with Gasteiger partial charge in [0.1, 0.15) is 0 Å². The molecule has 5 rings (SSSR count). The summed E-state index contributed by atoms with van der Waals surface area (Å²) in [6.07, 6.45) is 2.67. The van der Waals surface area contributed by atoms with Gasteiger partial charge in [0.25, 0.3) is 0 Å². The molecule has 1 spiro atoms. The summed E-state index contributed by atoms with van der Waals surface area (Å²) in [5.41, 5.74) is 4.47. The van der Waals surface area contributed by atoms with E-state index in [0.717, 1.165) is 50.1 Å². The van der Waals surface area contributed by atoms with Crippen molar-refractivity contribution < 1.29 is 4.79 Å². The van der Waals surface area contributed by atoms with Gasteiger partial charge < -0.3 is 5.32 Å². The van der Waals surface area contributed by atoms with E-state index in [-0.39, 0.29) is 11.3 Å². The van der Waals surface area contributed by atoms with Gasteiger partial charge in [0.05, 0.1) is 16.6 Å². The Bertz CT molecular complexity index is 1020. The van der Waals surface area contributed by atoms with Crippen LogP contribution >= 0.6 is 0 Å². The van der Waals surface area contributed by atoms with Crippen LogP contribution in [0.15, 0.2) is 60.7 Å². The molecule has 1 amide bonds. The summed E-state index contributed by atoms with van der Waals surface area (Å²) >= 11 is 0. The first-order valence-electron chi connectivity index (χ1n) is 10.1. The molecule has 3 aromatic rings. The van der Waals surface area contributed by atoms with E-state index < -0.39 is 0 Å². The number of pyridine rings is 1. The molecule has 0 aliphatic carbocycles. The molecule has 4 nitrogen and oxygen atoms in total. The fourth-order valence-electron chi connectivity index (χ4n) is 4.68. The van der Waals surface area contributed by atoms with Crippen LogP contribution in [-0.4, -0.2) is 28.9 Å². The summed E-state index contributed by atoms with van der Waals surface area (Å²) in [6.45, 7) is 3.37. The van der Waals surface area contributed by atoms with Gasteiger partial charge in [-0.05, 0) is 55.6 Å². The van der Waals surface area contributed by atoms with Gasteiger partial charge in [-0.15, -0.1) is 0 Å². The smallest absolute Gasteiger partial charge is 0.226 e. The molecule has 2 aromatic carbocycles.